The minimum Gasteiger partial charge on any atom is -0.326 e. The lowest BCUT2D eigenvalue weighted by Crippen LogP contribution is -2.19. The topological polar surface area (TPSA) is 29.1 Å². The summed E-state index contributed by atoms with van der Waals surface area (Å²) in [6.07, 6.45) is 0. The van der Waals surface area contributed by atoms with Gasteiger partial charge in [-0.1, -0.05) is 25.1 Å². The van der Waals surface area contributed by atoms with Crippen molar-refractivity contribution in [1.29, 1.82) is 0 Å². The van der Waals surface area contributed by atoms with Crippen molar-refractivity contribution in [2.75, 3.05) is 5.32 Å². The van der Waals surface area contributed by atoms with Crippen molar-refractivity contribution in [3.8, 4) is 0 Å². The Hall–Kier alpha value is -1.31. The molecule has 0 saturated heterocycles. The van der Waals surface area contributed by atoms with Crippen LogP contribution in [0.4, 0.5) is 5.69 Å². The number of hydrogen-bond donors (Lipinski definition) is 1. The molecule has 66 valence electrons. The highest BCUT2D eigenvalue weighted by Crippen LogP contribution is 2.58. The van der Waals surface area contributed by atoms with E-state index in [2.05, 4.69) is 18.3 Å². The summed E-state index contributed by atoms with van der Waals surface area (Å²) in [7, 11) is 0. The summed E-state index contributed by atoms with van der Waals surface area (Å²) < 4.78 is 0. The van der Waals surface area contributed by atoms with Crippen molar-refractivity contribution in [1.82, 2.24) is 0 Å². The Bertz CT molecular complexity index is 385. The zero-order valence-corrected chi connectivity index (χ0v) is 7.45. The number of amides is 1. The van der Waals surface area contributed by atoms with E-state index in [1.165, 1.54) is 5.56 Å². The molecule has 2 nitrogen and oxygen atoms in total. The molecule has 1 N–H and O–H groups in total. The molecule has 3 atom stereocenters. The van der Waals surface area contributed by atoms with Gasteiger partial charge in [0.2, 0.25) is 5.91 Å². The third kappa shape index (κ3) is 0.804. The van der Waals surface area contributed by atoms with Crippen LogP contribution in [0.25, 0.3) is 0 Å². The number of para-hydroxylation sites is 1. The van der Waals surface area contributed by atoms with Crippen LogP contribution in [0.3, 0.4) is 0 Å². The molecule has 0 spiro atoms. The second-order valence-electron chi connectivity index (χ2n) is 3.99. The van der Waals surface area contributed by atoms with Gasteiger partial charge in [0, 0.05) is 17.5 Å². The van der Waals surface area contributed by atoms with Gasteiger partial charge in [-0.2, -0.15) is 0 Å². The Labute approximate surface area is 77.0 Å². The highest BCUT2D eigenvalue weighted by molar-refractivity contribution is 5.99. The molecule has 1 aliphatic carbocycles. The van der Waals surface area contributed by atoms with Gasteiger partial charge in [-0.3, -0.25) is 4.79 Å². The number of hydrogen-bond acceptors (Lipinski definition) is 1. The predicted molar refractivity (Wildman–Crippen MR) is 50.5 cm³/mol. The lowest BCUT2D eigenvalue weighted by atomic mass is 10.0. The molecule has 1 aromatic rings. The first-order valence-electron chi connectivity index (χ1n) is 4.69. The van der Waals surface area contributed by atoms with Crippen LogP contribution in [-0.4, -0.2) is 5.91 Å². The third-order valence-corrected chi connectivity index (χ3v) is 3.26. The van der Waals surface area contributed by atoms with Gasteiger partial charge >= 0.3 is 0 Å². The van der Waals surface area contributed by atoms with Gasteiger partial charge in [0.1, 0.15) is 0 Å². The fourth-order valence-corrected chi connectivity index (χ4v) is 2.46. The maximum absolute atomic E-state index is 11.5. The van der Waals surface area contributed by atoms with E-state index in [1.807, 2.05) is 18.2 Å². The Balaban J connectivity index is 2.14. The van der Waals surface area contributed by atoms with E-state index in [0.29, 0.717) is 11.8 Å². The minimum atomic E-state index is 0.205. The zero-order valence-electron chi connectivity index (χ0n) is 7.45. The number of carbonyl (C=O) groups is 1. The smallest absolute Gasteiger partial charge is 0.228 e. The summed E-state index contributed by atoms with van der Waals surface area (Å²) in [5.41, 5.74) is 2.33. The Morgan fingerprint density at radius 2 is 2.00 bits per heavy atom. The molecule has 3 unspecified atom stereocenters. The van der Waals surface area contributed by atoms with Gasteiger partial charge in [-0.15, -0.1) is 0 Å². The van der Waals surface area contributed by atoms with Gasteiger partial charge in [0.15, 0.2) is 0 Å². The van der Waals surface area contributed by atoms with Crippen LogP contribution < -0.4 is 5.32 Å². The maximum atomic E-state index is 11.5. The van der Waals surface area contributed by atoms with Crippen LogP contribution >= 0.6 is 0 Å². The standard InChI is InChI=1S/C11H11NO/c1-6-9-7-4-2-3-5-8(7)12-11(13)10(6)9/h2-6,9-10H,1H3,(H,12,13). The molecule has 2 heteroatoms. The first-order chi connectivity index (χ1) is 6.29. The van der Waals surface area contributed by atoms with Crippen LogP contribution in [-0.2, 0) is 4.79 Å². The van der Waals surface area contributed by atoms with Gasteiger partial charge in [-0.25, -0.2) is 0 Å². The molecule has 2 aliphatic rings. The number of nitrogens with one attached hydrogen (secondary N) is 1. The van der Waals surface area contributed by atoms with Crippen molar-refractivity contribution in [3.05, 3.63) is 29.8 Å². The molecular weight excluding hydrogens is 162 g/mol. The second kappa shape index (κ2) is 2.13. The highest BCUT2D eigenvalue weighted by atomic mass is 16.2. The number of fused-ring (bicyclic) bond motifs is 3. The molecule has 1 heterocycles. The van der Waals surface area contributed by atoms with Crippen molar-refractivity contribution in [2.45, 2.75) is 12.8 Å². The highest BCUT2D eigenvalue weighted by Gasteiger charge is 2.55. The van der Waals surface area contributed by atoms with Gasteiger partial charge < -0.3 is 5.32 Å². The number of carbonyl (C=O) groups excluding carboxylic acids is 1. The van der Waals surface area contributed by atoms with Crippen LogP contribution in [0, 0.1) is 11.8 Å². The summed E-state index contributed by atoms with van der Waals surface area (Å²) in [5.74, 6) is 1.47. The molecule has 13 heavy (non-hydrogen) atoms. The average molecular weight is 173 g/mol. The van der Waals surface area contributed by atoms with Crippen molar-refractivity contribution in [2.24, 2.45) is 11.8 Å². The normalized spacial score (nSPS) is 34.5. The third-order valence-electron chi connectivity index (χ3n) is 3.26. The van der Waals surface area contributed by atoms with Gasteiger partial charge in [0.05, 0.1) is 0 Å². The van der Waals surface area contributed by atoms with Crippen molar-refractivity contribution in [3.63, 3.8) is 0 Å². The summed E-state index contributed by atoms with van der Waals surface area (Å²) in [6.45, 7) is 2.15. The minimum absolute atomic E-state index is 0.205. The van der Waals surface area contributed by atoms with Crippen LogP contribution in [0.2, 0.25) is 0 Å². The lowest BCUT2D eigenvalue weighted by molar-refractivity contribution is -0.117. The molecule has 1 aromatic carbocycles. The number of rotatable bonds is 0. The predicted octanol–water partition coefficient (Wildman–Crippen LogP) is 1.99. The summed E-state index contributed by atoms with van der Waals surface area (Å²) in [5, 5.41) is 2.94. The van der Waals surface area contributed by atoms with E-state index in [-0.39, 0.29) is 11.8 Å². The van der Waals surface area contributed by atoms with Crippen molar-refractivity contribution >= 4 is 11.6 Å². The maximum Gasteiger partial charge on any atom is 0.228 e. The molecule has 1 saturated carbocycles. The van der Waals surface area contributed by atoms with E-state index in [9.17, 15) is 4.79 Å². The molecule has 1 aliphatic heterocycles. The number of anilines is 1. The quantitative estimate of drug-likeness (QED) is 0.638. The Kier molecular flexibility index (Phi) is 1.17. The van der Waals surface area contributed by atoms with E-state index >= 15 is 0 Å². The van der Waals surface area contributed by atoms with Crippen LogP contribution in [0.1, 0.15) is 18.4 Å². The summed E-state index contributed by atoms with van der Waals surface area (Å²) in [4.78, 5) is 11.5. The fourth-order valence-electron chi connectivity index (χ4n) is 2.46. The van der Waals surface area contributed by atoms with E-state index in [0.717, 1.165) is 5.69 Å². The molecule has 0 radical (unpaired) electrons. The molecule has 0 bridgehead atoms. The largest absolute Gasteiger partial charge is 0.326 e. The van der Waals surface area contributed by atoms with E-state index in [1.54, 1.807) is 0 Å². The zero-order chi connectivity index (χ0) is 9.00. The Morgan fingerprint density at radius 3 is 2.85 bits per heavy atom. The van der Waals surface area contributed by atoms with Gasteiger partial charge in [-0.05, 0) is 17.5 Å². The molecule has 1 fully saturated rings. The monoisotopic (exact) mass is 173 g/mol. The Morgan fingerprint density at radius 1 is 1.23 bits per heavy atom. The molecule has 1 amide bonds. The fraction of sp³-hybridized carbons (Fsp3) is 0.364. The summed E-state index contributed by atoms with van der Waals surface area (Å²) >= 11 is 0. The average Bonchev–Trinajstić information content (AvgIpc) is 2.79. The SMILES string of the molecule is CC1C2C(=O)Nc3ccccc3C12. The lowest BCUT2D eigenvalue weighted by Gasteiger charge is -2.14. The molecular formula is C11H11NO. The molecule has 3 rings (SSSR count). The summed E-state index contributed by atoms with van der Waals surface area (Å²) in [6, 6.07) is 8.11. The van der Waals surface area contributed by atoms with Gasteiger partial charge in [0.25, 0.3) is 0 Å². The van der Waals surface area contributed by atoms with Crippen molar-refractivity contribution < 1.29 is 4.79 Å². The van der Waals surface area contributed by atoms with Crippen LogP contribution in [0.15, 0.2) is 24.3 Å². The number of benzene rings is 1. The molecule has 0 aromatic heterocycles. The van der Waals surface area contributed by atoms with E-state index < -0.39 is 0 Å². The van der Waals surface area contributed by atoms with Crippen LogP contribution in [0.5, 0.6) is 0 Å². The van der Waals surface area contributed by atoms with E-state index in [4.69, 9.17) is 0 Å². The first-order valence-corrected chi connectivity index (χ1v) is 4.69. The second-order valence-corrected chi connectivity index (χ2v) is 3.99. The first kappa shape index (κ1) is 7.13.